The second kappa shape index (κ2) is 5.54. The second-order valence-corrected chi connectivity index (χ2v) is 6.48. The smallest absolute Gasteiger partial charge is 0.303 e. The maximum absolute atomic E-state index is 11.2. The molecule has 0 atom stereocenters. The molecule has 0 aliphatic heterocycles. The van der Waals surface area contributed by atoms with Gasteiger partial charge in [0.1, 0.15) is 0 Å². The molecule has 0 aromatic carbocycles. The molecule has 1 aromatic heterocycles. The first kappa shape index (κ1) is 13.6. The van der Waals surface area contributed by atoms with Gasteiger partial charge in [0.15, 0.2) is 5.82 Å². The minimum atomic E-state index is -0.717. The lowest BCUT2D eigenvalue weighted by molar-refractivity contribution is -0.140. The van der Waals surface area contributed by atoms with Crippen molar-refractivity contribution in [3.05, 3.63) is 11.7 Å². The van der Waals surface area contributed by atoms with Crippen LogP contribution in [0.25, 0.3) is 0 Å². The van der Waals surface area contributed by atoms with E-state index in [4.69, 9.17) is 4.52 Å². The highest BCUT2D eigenvalue weighted by Crippen LogP contribution is 2.42. The molecule has 1 N–H and O–H groups in total. The maximum Gasteiger partial charge on any atom is 0.303 e. The summed E-state index contributed by atoms with van der Waals surface area (Å²) in [5.74, 6) is 1.21. The number of hydrogen-bond donors (Lipinski definition) is 1. The van der Waals surface area contributed by atoms with Crippen LogP contribution in [0.1, 0.15) is 75.4 Å². The summed E-state index contributed by atoms with van der Waals surface area (Å²) < 4.78 is 5.38. The highest BCUT2D eigenvalue weighted by molar-refractivity contribution is 5.67. The Bertz CT molecular complexity index is 473. The van der Waals surface area contributed by atoms with Gasteiger partial charge in [-0.05, 0) is 31.1 Å². The number of aliphatic carboxylic acids is 1. The van der Waals surface area contributed by atoms with E-state index in [9.17, 15) is 9.90 Å². The molecule has 0 amide bonds. The Morgan fingerprint density at radius 1 is 1.25 bits per heavy atom. The summed E-state index contributed by atoms with van der Waals surface area (Å²) in [6.45, 7) is 0. The van der Waals surface area contributed by atoms with E-state index in [-0.39, 0.29) is 11.8 Å². The van der Waals surface area contributed by atoms with Crippen LogP contribution in [0.3, 0.4) is 0 Å². The summed E-state index contributed by atoms with van der Waals surface area (Å²) in [4.78, 5) is 15.7. The van der Waals surface area contributed by atoms with Crippen molar-refractivity contribution in [3.8, 4) is 0 Å². The highest BCUT2D eigenvalue weighted by atomic mass is 16.5. The Balaban J connectivity index is 1.71. The normalized spacial score (nSPS) is 22.4. The average Bonchev–Trinajstić information content (AvgIpc) is 2.74. The topological polar surface area (TPSA) is 76.2 Å². The van der Waals surface area contributed by atoms with Crippen molar-refractivity contribution in [3.63, 3.8) is 0 Å². The fourth-order valence-corrected chi connectivity index (χ4v) is 3.53. The molecule has 0 saturated heterocycles. The lowest BCUT2D eigenvalue weighted by atomic mass is 9.69. The molecule has 110 valence electrons. The number of nitrogens with zero attached hydrogens (tertiary/aromatic N) is 2. The molecule has 0 radical (unpaired) electrons. The zero-order chi connectivity index (χ0) is 14.0. The summed E-state index contributed by atoms with van der Waals surface area (Å²) in [7, 11) is 0. The zero-order valence-corrected chi connectivity index (χ0v) is 11.8. The first-order valence-electron chi connectivity index (χ1n) is 7.71. The van der Waals surface area contributed by atoms with Crippen LogP contribution in [0.15, 0.2) is 4.52 Å². The molecule has 2 saturated carbocycles. The van der Waals surface area contributed by atoms with Crippen molar-refractivity contribution < 1.29 is 14.4 Å². The number of rotatable bonds is 5. The van der Waals surface area contributed by atoms with Crippen molar-refractivity contribution in [2.75, 3.05) is 0 Å². The largest absolute Gasteiger partial charge is 0.481 e. The summed E-state index contributed by atoms with van der Waals surface area (Å²) >= 11 is 0. The van der Waals surface area contributed by atoms with Gasteiger partial charge in [0.2, 0.25) is 5.89 Å². The van der Waals surface area contributed by atoms with Crippen molar-refractivity contribution in [1.82, 2.24) is 10.1 Å². The number of carboxylic acid groups (broad SMARTS) is 1. The lowest BCUT2D eigenvalue weighted by Gasteiger charge is -2.34. The summed E-state index contributed by atoms with van der Waals surface area (Å²) in [5, 5.41) is 13.3. The van der Waals surface area contributed by atoms with Gasteiger partial charge < -0.3 is 9.63 Å². The molecule has 5 nitrogen and oxygen atoms in total. The molecule has 2 fully saturated rings. The average molecular weight is 278 g/mol. The minimum Gasteiger partial charge on any atom is -0.481 e. The van der Waals surface area contributed by atoms with E-state index in [2.05, 4.69) is 10.1 Å². The SMILES string of the molecule is O=C(O)CC1(Cc2nc(C3CCC3)no2)CCCCC1. The van der Waals surface area contributed by atoms with Crippen LogP contribution >= 0.6 is 0 Å². The maximum atomic E-state index is 11.2. The lowest BCUT2D eigenvalue weighted by Crippen LogP contribution is -2.30. The Morgan fingerprint density at radius 2 is 2.00 bits per heavy atom. The summed E-state index contributed by atoms with van der Waals surface area (Å²) in [6, 6.07) is 0. The van der Waals surface area contributed by atoms with Crippen LogP contribution in [0.4, 0.5) is 0 Å². The van der Waals surface area contributed by atoms with E-state index in [1.165, 1.54) is 12.8 Å². The number of hydrogen-bond acceptors (Lipinski definition) is 4. The summed E-state index contributed by atoms with van der Waals surface area (Å²) in [5.41, 5.74) is -0.173. The molecule has 5 heteroatoms. The first-order valence-corrected chi connectivity index (χ1v) is 7.71. The van der Waals surface area contributed by atoms with Gasteiger partial charge in [-0.3, -0.25) is 4.79 Å². The highest BCUT2D eigenvalue weighted by Gasteiger charge is 2.37. The van der Waals surface area contributed by atoms with Crippen LogP contribution in [-0.2, 0) is 11.2 Å². The van der Waals surface area contributed by atoms with E-state index in [1.54, 1.807) is 0 Å². The fraction of sp³-hybridized carbons (Fsp3) is 0.800. The third kappa shape index (κ3) is 2.86. The van der Waals surface area contributed by atoms with Gasteiger partial charge in [-0.15, -0.1) is 0 Å². The Kier molecular flexibility index (Phi) is 3.76. The molecule has 1 aromatic rings. The zero-order valence-electron chi connectivity index (χ0n) is 11.8. The van der Waals surface area contributed by atoms with Gasteiger partial charge in [-0.2, -0.15) is 4.98 Å². The van der Waals surface area contributed by atoms with Crippen LogP contribution in [0.5, 0.6) is 0 Å². The molecule has 0 spiro atoms. The van der Waals surface area contributed by atoms with Crippen molar-refractivity contribution in [1.29, 1.82) is 0 Å². The minimum absolute atomic E-state index is 0.173. The van der Waals surface area contributed by atoms with Crippen molar-refractivity contribution in [2.24, 2.45) is 5.41 Å². The Labute approximate surface area is 118 Å². The second-order valence-electron chi connectivity index (χ2n) is 6.48. The molecular weight excluding hydrogens is 256 g/mol. The van der Waals surface area contributed by atoms with E-state index in [0.717, 1.165) is 44.3 Å². The third-order valence-electron chi connectivity index (χ3n) is 4.92. The Hall–Kier alpha value is -1.39. The van der Waals surface area contributed by atoms with E-state index < -0.39 is 5.97 Å². The fourth-order valence-electron chi connectivity index (χ4n) is 3.53. The van der Waals surface area contributed by atoms with E-state index in [0.29, 0.717) is 18.2 Å². The quantitative estimate of drug-likeness (QED) is 0.894. The van der Waals surface area contributed by atoms with Gasteiger partial charge in [0.25, 0.3) is 0 Å². The van der Waals surface area contributed by atoms with Gasteiger partial charge in [-0.1, -0.05) is 30.8 Å². The number of carbonyl (C=O) groups is 1. The molecular formula is C15H22N2O3. The standard InChI is InChI=1S/C15H22N2O3/c18-13(19)10-15(7-2-1-3-8-15)9-12-16-14(17-20-12)11-5-4-6-11/h11H,1-10H2,(H,18,19). The Morgan fingerprint density at radius 3 is 2.60 bits per heavy atom. The van der Waals surface area contributed by atoms with Gasteiger partial charge in [0.05, 0.1) is 6.42 Å². The molecule has 1 heterocycles. The van der Waals surface area contributed by atoms with Crippen LogP contribution in [0, 0.1) is 5.41 Å². The van der Waals surface area contributed by atoms with Gasteiger partial charge in [0, 0.05) is 12.3 Å². The van der Waals surface area contributed by atoms with Crippen molar-refractivity contribution >= 4 is 5.97 Å². The summed E-state index contributed by atoms with van der Waals surface area (Å²) in [6.07, 6.45) is 9.73. The monoisotopic (exact) mass is 278 g/mol. The van der Waals surface area contributed by atoms with Gasteiger partial charge >= 0.3 is 5.97 Å². The van der Waals surface area contributed by atoms with Crippen LogP contribution in [0.2, 0.25) is 0 Å². The third-order valence-corrected chi connectivity index (χ3v) is 4.92. The predicted molar refractivity (Wildman–Crippen MR) is 72.4 cm³/mol. The molecule has 2 aliphatic carbocycles. The number of aromatic nitrogens is 2. The molecule has 0 unspecified atom stereocenters. The first-order chi connectivity index (χ1) is 9.67. The predicted octanol–water partition coefficient (Wildman–Crippen LogP) is 3.30. The molecule has 0 bridgehead atoms. The van der Waals surface area contributed by atoms with Crippen LogP contribution < -0.4 is 0 Å². The molecule has 3 rings (SSSR count). The molecule has 2 aliphatic rings. The van der Waals surface area contributed by atoms with Gasteiger partial charge in [-0.25, -0.2) is 0 Å². The van der Waals surface area contributed by atoms with E-state index >= 15 is 0 Å². The van der Waals surface area contributed by atoms with E-state index in [1.807, 2.05) is 0 Å². The number of carboxylic acids is 1. The van der Waals surface area contributed by atoms with Crippen LogP contribution in [-0.4, -0.2) is 21.2 Å². The molecule has 20 heavy (non-hydrogen) atoms. The van der Waals surface area contributed by atoms with Crippen molar-refractivity contribution in [2.45, 2.75) is 70.1 Å².